The normalized spacial score (nSPS) is 25.9. The summed E-state index contributed by atoms with van der Waals surface area (Å²) in [5.41, 5.74) is 5.34. The van der Waals surface area contributed by atoms with Gasteiger partial charge in [-0.05, 0) is 12.8 Å². The second kappa shape index (κ2) is 5.94. The quantitative estimate of drug-likeness (QED) is 0.666. The van der Waals surface area contributed by atoms with Crippen molar-refractivity contribution in [2.45, 2.75) is 18.9 Å². The molecule has 0 unspecified atom stereocenters. The van der Waals surface area contributed by atoms with Crippen molar-refractivity contribution in [1.82, 2.24) is 15.1 Å². The Hall–Kier alpha value is -2.05. The molecule has 0 aromatic heterocycles. The summed E-state index contributed by atoms with van der Waals surface area (Å²) >= 11 is 0. The fourth-order valence-corrected chi connectivity index (χ4v) is 2.56. The van der Waals surface area contributed by atoms with Gasteiger partial charge in [0.2, 0.25) is 11.8 Å². The Kier molecular flexibility index (Phi) is 4.26. The van der Waals surface area contributed by atoms with Crippen LogP contribution in [0.3, 0.4) is 0 Å². The summed E-state index contributed by atoms with van der Waals surface area (Å²) in [5, 5.41) is 2.81. The van der Waals surface area contributed by atoms with Crippen LogP contribution in [0.5, 0.6) is 0 Å². The Morgan fingerprint density at radius 3 is 2.65 bits per heavy atom. The van der Waals surface area contributed by atoms with Crippen LogP contribution in [0.1, 0.15) is 12.8 Å². The van der Waals surface area contributed by atoms with Gasteiger partial charge >= 0.3 is 6.03 Å². The third kappa shape index (κ3) is 3.09. The number of hydrogen-bond acceptors (Lipinski definition) is 3. The summed E-state index contributed by atoms with van der Waals surface area (Å²) in [4.78, 5) is 38.1. The van der Waals surface area contributed by atoms with E-state index < -0.39 is 5.91 Å². The molecule has 1 aliphatic carbocycles. The standard InChI is InChI=1S/C13H20N4O3/c1-16-6-7-17(13(16)20)8-11(18)15-10-5-3-2-4-9(10)12(14)19/h2-3,9-10H,4-8H2,1H3,(H2,14,19)(H,15,18)/t9-,10-/m1/s1. The highest BCUT2D eigenvalue weighted by Gasteiger charge is 2.31. The molecule has 2 aliphatic rings. The van der Waals surface area contributed by atoms with Crippen LogP contribution in [0.2, 0.25) is 0 Å². The van der Waals surface area contributed by atoms with Crippen molar-refractivity contribution in [3.63, 3.8) is 0 Å². The van der Waals surface area contributed by atoms with Gasteiger partial charge in [0, 0.05) is 26.2 Å². The van der Waals surface area contributed by atoms with Crippen molar-refractivity contribution in [3.05, 3.63) is 12.2 Å². The minimum absolute atomic E-state index is 0.0227. The maximum absolute atomic E-state index is 12.0. The maximum atomic E-state index is 12.0. The van der Waals surface area contributed by atoms with Gasteiger partial charge in [-0.1, -0.05) is 12.2 Å². The SMILES string of the molecule is CN1CCN(CC(=O)N[C@@H]2CC=CC[C@H]2C(N)=O)C1=O. The number of primary amides is 1. The highest BCUT2D eigenvalue weighted by Crippen LogP contribution is 2.18. The zero-order chi connectivity index (χ0) is 14.7. The fourth-order valence-electron chi connectivity index (χ4n) is 2.56. The number of nitrogens with one attached hydrogen (secondary N) is 1. The lowest BCUT2D eigenvalue weighted by Gasteiger charge is -2.27. The Balaban J connectivity index is 1.89. The van der Waals surface area contributed by atoms with Gasteiger partial charge in [-0.25, -0.2) is 4.79 Å². The van der Waals surface area contributed by atoms with E-state index in [-0.39, 0.29) is 30.4 Å². The number of allylic oxidation sites excluding steroid dienone is 1. The van der Waals surface area contributed by atoms with Crippen molar-refractivity contribution in [3.8, 4) is 0 Å². The van der Waals surface area contributed by atoms with Crippen LogP contribution in [-0.4, -0.2) is 60.4 Å². The Morgan fingerprint density at radius 2 is 2.05 bits per heavy atom. The molecule has 1 fully saturated rings. The van der Waals surface area contributed by atoms with Crippen LogP contribution in [-0.2, 0) is 9.59 Å². The first kappa shape index (κ1) is 14.4. The molecular formula is C13H20N4O3. The molecular weight excluding hydrogens is 260 g/mol. The summed E-state index contributed by atoms with van der Waals surface area (Å²) in [5.74, 6) is -1.03. The summed E-state index contributed by atoms with van der Waals surface area (Å²) in [6.07, 6.45) is 4.97. The maximum Gasteiger partial charge on any atom is 0.320 e. The molecule has 20 heavy (non-hydrogen) atoms. The van der Waals surface area contributed by atoms with Crippen LogP contribution in [0.15, 0.2) is 12.2 Å². The number of likely N-dealkylation sites (N-methyl/N-ethyl adjacent to an activating group) is 1. The third-order valence-electron chi connectivity index (χ3n) is 3.78. The van der Waals surface area contributed by atoms with Crippen molar-refractivity contribution < 1.29 is 14.4 Å². The summed E-state index contributed by atoms with van der Waals surface area (Å²) in [6, 6.07) is -0.421. The van der Waals surface area contributed by atoms with Crippen molar-refractivity contribution in [1.29, 1.82) is 0 Å². The fraction of sp³-hybridized carbons (Fsp3) is 0.615. The van der Waals surface area contributed by atoms with Gasteiger partial charge in [0.15, 0.2) is 0 Å². The van der Waals surface area contributed by atoms with Crippen molar-refractivity contribution in [2.24, 2.45) is 11.7 Å². The Morgan fingerprint density at radius 1 is 1.35 bits per heavy atom. The number of hydrogen-bond donors (Lipinski definition) is 2. The first-order valence-electron chi connectivity index (χ1n) is 6.72. The van der Waals surface area contributed by atoms with Gasteiger partial charge in [-0.15, -0.1) is 0 Å². The summed E-state index contributed by atoms with van der Waals surface area (Å²) in [7, 11) is 1.70. The average molecular weight is 280 g/mol. The number of nitrogens with two attached hydrogens (primary N) is 1. The monoisotopic (exact) mass is 280 g/mol. The molecule has 0 saturated carbocycles. The Bertz CT molecular complexity index is 449. The molecule has 1 saturated heterocycles. The zero-order valence-electron chi connectivity index (χ0n) is 11.5. The predicted octanol–water partition coefficient (Wildman–Crippen LogP) is -0.710. The molecule has 1 aliphatic heterocycles. The molecule has 3 N–H and O–H groups in total. The minimum Gasteiger partial charge on any atom is -0.369 e. The minimum atomic E-state index is -0.406. The predicted molar refractivity (Wildman–Crippen MR) is 72.6 cm³/mol. The number of urea groups is 1. The van der Waals surface area contributed by atoms with E-state index >= 15 is 0 Å². The Labute approximate surface area is 117 Å². The molecule has 4 amide bonds. The van der Waals surface area contributed by atoms with E-state index in [1.54, 1.807) is 11.9 Å². The number of carbonyl (C=O) groups excluding carboxylic acids is 3. The molecule has 2 atom stereocenters. The van der Waals surface area contributed by atoms with Gasteiger partial charge in [0.25, 0.3) is 0 Å². The van der Waals surface area contributed by atoms with Crippen LogP contribution < -0.4 is 11.1 Å². The molecule has 0 bridgehead atoms. The van der Waals surface area contributed by atoms with E-state index in [0.29, 0.717) is 25.9 Å². The summed E-state index contributed by atoms with van der Waals surface area (Å²) < 4.78 is 0. The van der Waals surface area contributed by atoms with E-state index in [1.165, 1.54) is 4.90 Å². The lowest BCUT2D eigenvalue weighted by molar-refractivity contribution is -0.125. The van der Waals surface area contributed by atoms with Crippen LogP contribution in [0.4, 0.5) is 4.79 Å². The molecule has 2 rings (SSSR count). The molecule has 0 radical (unpaired) electrons. The van der Waals surface area contributed by atoms with Crippen LogP contribution >= 0.6 is 0 Å². The lowest BCUT2D eigenvalue weighted by atomic mass is 9.88. The van der Waals surface area contributed by atoms with Gasteiger partial charge in [-0.3, -0.25) is 9.59 Å². The first-order chi connectivity index (χ1) is 9.49. The molecule has 0 aromatic rings. The van der Waals surface area contributed by atoms with E-state index in [1.807, 2.05) is 12.2 Å². The number of rotatable bonds is 4. The summed E-state index contributed by atoms with van der Waals surface area (Å²) in [6.45, 7) is 1.20. The smallest absolute Gasteiger partial charge is 0.320 e. The number of carbonyl (C=O) groups is 3. The second-order valence-electron chi connectivity index (χ2n) is 5.25. The number of amides is 4. The third-order valence-corrected chi connectivity index (χ3v) is 3.78. The zero-order valence-corrected chi connectivity index (χ0v) is 11.5. The highest BCUT2D eigenvalue weighted by atomic mass is 16.2. The van der Waals surface area contributed by atoms with Crippen LogP contribution in [0, 0.1) is 5.92 Å². The van der Waals surface area contributed by atoms with E-state index in [9.17, 15) is 14.4 Å². The van der Waals surface area contributed by atoms with E-state index in [2.05, 4.69) is 5.32 Å². The van der Waals surface area contributed by atoms with Gasteiger partial charge in [0.05, 0.1) is 5.92 Å². The largest absolute Gasteiger partial charge is 0.369 e. The van der Waals surface area contributed by atoms with Gasteiger partial charge in [-0.2, -0.15) is 0 Å². The van der Waals surface area contributed by atoms with E-state index in [0.717, 1.165) is 0 Å². The molecule has 7 nitrogen and oxygen atoms in total. The van der Waals surface area contributed by atoms with Gasteiger partial charge < -0.3 is 20.9 Å². The van der Waals surface area contributed by atoms with Crippen molar-refractivity contribution in [2.75, 3.05) is 26.7 Å². The molecule has 1 heterocycles. The van der Waals surface area contributed by atoms with E-state index in [4.69, 9.17) is 5.73 Å². The lowest BCUT2D eigenvalue weighted by Crippen LogP contribution is -2.49. The second-order valence-corrected chi connectivity index (χ2v) is 5.25. The molecule has 0 spiro atoms. The average Bonchev–Trinajstić information content (AvgIpc) is 2.71. The molecule has 0 aromatic carbocycles. The van der Waals surface area contributed by atoms with Gasteiger partial charge in [0.1, 0.15) is 6.54 Å². The highest BCUT2D eigenvalue weighted by molar-refractivity contribution is 5.86. The molecule has 110 valence electrons. The number of nitrogens with zero attached hydrogens (tertiary/aromatic N) is 2. The first-order valence-corrected chi connectivity index (χ1v) is 6.72. The van der Waals surface area contributed by atoms with Crippen LogP contribution in [0.25, 0.3) is 0 Å². The van der Waals surface area contributed by atoms with Crippen molar-refractivity contribution >= 4 is 17.8 Å². The topological polar surface area (TPSA) is 95.7 Å². The molecule has 7 heteroatoms.